The zero-order valence-corrected chi connectivity index (χ0v) is 15.3. The van der Waals surface area contributed by atoms with Gasteiger partial charge < -0.3 is 15.6 Å². The van der Waals surface area contributed by atoms with Gasteiger partial charge in [-0.25, -0.2) is 4.39 Å². The number of aromatic nitrogens is 3. The summed E-state index contributed by atoms with van der Waals surface area (Å²) in [5.74, 6) is 1.10. The third kappa shape index (κ3) is 4.09. The Morgan fingerprint density at radius 3 is 2.88 bits per heavy atom. The molecule has 1 atom stereocenters. The molecule has 140 valence electrons. The molecule has 26 heavy (non-hydrogen) atoms. The summed E-state index contributed by atoms with van der Waals surface area (Å²) in [4.78, 5) is 12.2. The topological polar surface area (TPSA) is 85.8 Å². The zero-order valence-electron chi connectivity index (χ0n) is 15.3. The van der Waals surface area contributed by atoms with Crippen molar-refractivity contribution in [2.75, 3.05) is 5.32 Å². The van der Waals surface area contributed by atoms with Crippen LogP contribution in [0.4, 0.5) is 10.1 Å². The van der Waals surface area contributed by atoms with Crippen LogP contribution in [0.25, 0.3) is 11.4 Å². The van der Waals surface area contributed by atoms with E-state index in [2.05, 4.69) is 20.1 Å². The normalized spacial score (nSPS) is 15.4. The molecule has 3 N–H and O–H groups in total. The molecule has 1 amide bonds. The second-order valence-electron chi connectivity index (χ2n) is 7.32. The van der Waals surface area contributed by atoms with Crippen LogP contribution in [-0.4, -0.2) is 26.7 Å². The van der Waals surface area contributed by atoms with E-state index in [1.807, 2.05) is 13.8 Å². The van der Waals surface area contributed by atoms with Crippen molar-refractivity contribution in [1.29, 1.82) is 0 Å². The summed E-state index contributed by atoms with van der Waals surface area (Å²) in [5, 5.41) is 11.2. The van der Waals surface area contributed by atoms with Gasteiger partial charge in [-0.3, -0.25) is 4.79 Å². The highest BCUT2D eigenvalue weighted by Crippen LogP contribution is 2.26. The quantitative estimate of drug-likeness (QED) is 0.859. The number of nitrogens with two attached hydrogens (primary N) is 1. The molecule has 0 saturated heterocycles. The standard InChI is InChI=1S/C19H26FN5O/c1-12(2)10-15(21)19(26)22-16-11-13(7-8-14(16)20)18-24-23-17-6-4-3-5-9-25(17)18/h7-8,11-12,15H,3-6,9-10,21H2,1-2H3,(H,22,26)/t15-/m0/s1. The van der Waals surface area contributed by atoms with Gasteiger partial charge in [-0.05, 0) is 43.4 Å². The first-order valence-electron chi connectivity index (χ1n) is 9.24. The molecule has 2 aromatic rings. The zero-order chi connectivity index (χ0) is 18.7. The molecule has 7 heteroatoms. The summed E-state index contributed by atoms with van der Waals surface area (Å²) in [5.41, 5.74) is 6.76. The summed E-state index contributed by atoms with van der Waals surface area (Å²) >= 11 is 0. The number of nitrogens with one attached hydrogen (secondary N) is 1. The van der Waals surface area contributed by atoms with Crippen molar-refractivity contribution >= 4 is 11.6 Å². The van der Waals surface area contributed by atoms with E-state index in [4.69, 9.17) is 5.73 Å². The number of benzene rings is 1. The molecule has 2 heterocycles. The summed E-state index contributed by atoms with van der Waals surface area (Å²) in [6.07, 6.45) is 4.80. The first-order valence-corrected chi connectivity index (χ1v) is 9.24. The fourth-order valence-electron chi connectivity index (χ4n) is 3.30. The van der Waals surface area contributed by atoms with Gasteiger partial charge in [-0.1, -0.05) is 20.3 Å². The van der Waals surface area contributed by atoms with Crippen LogP contribution in [0, 0.1) is 11.7 Å². The molecule has 3 rings (SSSR count). The number of amides is 1. The van der Waals surface area contributed by atoms with E-state index >= 15 is 0 Å². The maximum absolute atomic E-state index is 14.2. The van der Waals surface area contributed by atoms with Crippen molar-refractivity contribution in [3.63, 3.8) is 0 Å². The molecule has 0 fully saturated rings. The molecule has 6 nitrogen and oxygen atoms in total. The third-order valence-electron chi connectivity index (χ3n) is 4.65. The van der Waals surface area contributed by atoms with Gasteiger partial charge in [-0.15, -0.1) is 10.2 Å². The smallest absolute Gasteiger partial charge is 0.241 e. The molecule has 1 aromatic heterocycles. The lowest BCUT2D eigenvalue weighted by Gasteiger charge is -2.15. The van der Waals surface area contributed by atoms with Gasteiger partial charge in [0.25, 0.3) is 0 Å². The lowest BCUT2D eigenvalue weighted by molar-refractivity contribution is -0.117. The monoisotopic (exact) mass is 359 g/mol. The maximum Gasteiger partial charge on any atom is 0.241 e. The van der Waals surface area contributed by atoms with Gasteiger partial charge in [0.05, 0.1) is 11.7 Å². The van der Waals surface area contributed by atoms with Crippen LogP contribution in [0.15, 0.2) is 18.2 Å². The van der Waals surface area contributed by atoms with E-state index in [0.29, 0.717) is 18.2 Å². The average Bonchev–Trinajstić information content (AvgIpc) is 2.84. The van der Waals surface area contributed by atoms with E-state index in [1.165, 1.54) is 12.5 Å². The number of halogens is 1. The molecule has 0 unspecified atom stereocenters. The lowest BCUT2D eigenvalue weighted by Crippen LogP contribution is -2.36. The highest BCUT2D eigenvalue weighted by Gasteiger charge is 2.19. The second-order valence-corrected chi connectivity index (χ2v) is 7.32. The summed E-state index contributed by atoms with van der Waals surface area (Å²) in [6.45, 7) is 4.84. The minimum absolute atomic E-state index is 0.123. The van der Waals surface area contributed by atoms with E-state index in [0.717, 1.165) is 37.2 Å². The number of aryl methyl sites for hydroxylation is 1. The summed E-state index contributed by atoms with van der Waals surface area (Å²) in [7, 11) is 0. The van der Waals surface area contributed by atoms with E-state index < -0.39 is 11.9 Å². The third-order valence-corrected chi connectivity index (χ3v) is 4.65. The highest BCUT2D eigenvalue weighted by molar-refractivity contribution is 5.95. The van der Waals surface area contributed by atoms with Crippen LogP contribution in [0.2, 0.25) is 0 Å². The van der Waals surface area contributed by atoms with Crippen molar-refractivity contribution in [2.24, 2.45) is 11.7 Å². The first kappa shape index (κ1) is 18.5. The molecular weight excluding hydrogens is 333 g/mol. The summed E-state index contributed by atoms with van der Waals surface area (Å²) < 4.78 is 16.3. The largest absolute Gasteiger partial charge is 0.322 e. The minimum atomic E-state index is -0.664. The second kappa shape index (κ2) is 7.95. The van der Waals surface area contributed by atoms with Crippen LogP contribution >= 0.6 is 0 Å². The predicted octanol–water partition coefficient (Wildman–Crippen LogP) is 3.12. The number of hydrogen-bond acceptors (Lipinski definition) is 4. The van der Waals surface area contributed by atoms with Gasteiger partial charge in [0.15, 0.2) is 5.82 Å². The predicted molar refractivity (Wildman–Crippen MR) is 99.0 cm³/mol. The van der Waals surface area contributed by atoms with Crippen LogP contribution < -0.4 is 11.1 Å². The Balaban J connectivity index is 1.84. The van der Waals surface area contributed by atoms with Crippen LogP contribution in [0.1, 0.15) is 45.4 Å². The van der Waals surface area contributed by atoms with Crippen LogP contribution in [-0.2, 0) is 17.8 Å². The Kier molecular flexibility index (Phi) is 5.66. The van der Waals surface area contributed by atoms with Gasteiger partial charge in [0.1, 0.15) is 11.6 Å². The number of fused-ring (bicyclic) bond motifs is 1. The average molecular weight is 359 g/mol. The lowest BCUT2D eigenvalue weighted by atomic mass is 10.0. The summed E-state index contributed by atoms with van der Waals surface area (Å²) in [6, 6.07) is 3.96. The van der Waals surface area contributed by atoms with Crippen molar-refractivity contribution in [3.8, 4) is 11.4 Å². The number of carbonyl (C=O) groups excluding carboxylic acids is 1. The minimum Gasteiger partial charge on any atom is -0.322 e. The Labute approximate surface area is 153 Å². The van der Waals surface area contributed by atoms with Crippen molar-refractivity contribution in [1.82, 2.24) is 14.8 Å². The van der Waals surface area contributed by atoms with E-state index in [-0.39, 0.29) is 11.6 Å². The molecule has 0 radical (unpaired) electrons. The number of carbonyl (C=O) groups is 1. The van der Waals surface area contributed by atoms with Crippen LogP contribution in [0.5, 0.6) is 0 Å². The number of anilines is 1. The van der Waals surface area contributed by atoms with Crippen LogP contribution in [0.3, 0.4) is 0 Å². The number of nitrogens with zero attached hydrogens (tertiary/aromatic N) is 3. The molecule has 0 spiro atoms. The van der Waals surface area contributed by atoms with E-state index in [1.54, 1.807) is 12.1 Å². The Bertz CT molecular complexity index is 786. The van der Waals surface area contributed by atoms with Crippen molar-refractivity contribution < 1.29 is 9.18 Å². The Hall–Kier alpha value is -2.28. The molecule has 1 aromatic carbocycles. The molecule has 0 aliphatic carbocycles. The Morgan fingerprint density at radius 2 is 2.12 bits per heavy atom. The number of rotatable bonds is 5. The van der Waals surface area contributed by atoms with Crippen molar-refractivity contribution in [2.45, 2.75) is 58.5 Å². The fourth-order valence-corrected chi connectivity index (χ4v) is 3.30. The molecule has 1 aliphatic rings. The maximum atomic E-state index is 14.2. The Morgan fingerprint density at radius 1 is 1.31 bits per heavy atom. The molecule has 0 bridgehead atoms. The SMILES string of the molecule is CC(C)C[C@H](N)C(=O)Nc1cc(-c2nnc3n2CCCCC3)ccc1F. The van der Waals surface area contributed by atoms with Gasteiger partial charge in [0, 0.05) is 18.5 Å². The molecule has 0 saturated carbocycles. The first-order chi connectivity index (χ1) is 12.5. The fraction of sp³-hybridized carbons (Fsp3) is 0.526. The van der Waals surface area contributed by atoms with Crippen molar-refractivity contribution in [3.05, 3.63) is 29.8 Å². The van der Waals surface area contributed by atoms with E-state index in [9.17, 15) is 9.18 Å². The molecule has 1 aliphatic heterocycles. The van der Waals surface area contributed by atoms with Gasteiger partial charge in [-0.2, -0.15) is 0 Å². The highest BCUT2D eigenvalue weighted by atomic mass is 19.1. The molecular formula is C19H26FN5O. The van der Waals surface area contributed by atoms with Gasteiger partial charge in [0.2, 0.25) is 5.91 Å². The van der Waals surface area contributed by atoms with Gasteiger partial charge >= 0.3 is 0 Å². The number of hydrogen-bond donors (Lipinski definition) is 2.